The predicted octanol–water partition coefficient (Wildman–Crippen LogP) is 1.32. The van der Waals surface area contributed by atoms with Gasteiger partial charge in [-0.05, 0) is 38.3 Å². The molecule has 1 aromatic rings. The molecule has 1 amide bonds. The molecule has 0 aromatic heterocycles. The van der Waals surface area contributed by atoms with Crippen LogP contribution in [0, 0.1) is 0 Å². The number of hydrogen-bond donors (Lipinski definition) is 2. The summed E-state index contributed by atoms with van der Waals surface area (Å²) in [5.41, 5.74) is 12.9. The Kier molecular flexibility index (Phi) is 4.73. The van der Waals surface area contributed by atoms with E-state index in [1.165, 1.54) is 11.4 Å². The van der Waals surface area contributed by atoms with Crippen molar-refractivity contribution >= 4 is 17.3 Å². The molecule has 0 aliphatic carbocycles. The first-order chi connectivity index (χ1) is 9.92. The fourth-order valence-corrected chi connectivity index (χ4v) is 2.72. The van der Waals surface area contributed by atoms with Gasteiger partial charge in [0.1, 0.15) is 0 Å². The summed E-state index contributed by atoms with van der Waals surface area (Å²) in [5.74, 6) is -0.424. The molecule has 0 spiro atoms. The number of carbonyl (C=O) groups is 1. The Morgan fingerprint density at radius 2 is 1.90 bits per heavy atom. The Hall–Kier alpha value is -1.75. The molecule has 5 nitrogen and oxygen atoms in total. The molecule has 1 unspecified atom stereocenters. The number of fused-ring (bicyclic) bond motifs is 1. The summed E-state index contributed by atoms with van der Waals surface area (Å²) in [6, 6.07) is 8.48. The fourth-order valence-electron chi connectivity index (χ4n) is 2.72. The van der Waals surface area contributed by atoms with E-state index in [0.29, 0.717) is 6.42 Å². The lowest BCUT2D eigenvalue weighted by Gasteiger charge is -2.37. The molecule has 1 aliphatic rings. The van der Waals surface area contributed by atoms with Gasteiger partial charge in [0.05, 0.1) is 16.9 Å². The molecule has 1 atom stereocenters. The predicted molar refractivity (Wildman–Crippen MR) is 87.6 cm³/mol. The second kappa shape index (κ2) is 6.35. The zero-order valence-corrected chi connectivity index (χ0v) is 13.0. The first kappa shape index (κ1) is 15.6. The number of nitrogens with zero attached hydrogens (tertiary/aromatic N) is 2. The third kappa shape index (κ3) is 3.67. The van der Waals surface area contributed by atoms with Crippen LogP contribution in [-0.4, -0.2) is 38.1 Å². The van der Waals surface area contributed by atoms with Gasteiger partial charge < -0.3 is 21.3 Å². The van der Waals surface area contributed by atoms with Crippen molar-refractivity contribution in [3.05, 3.63) is 24.3 Å². The summed E-state index contributed by atoms with van der Waals surface area (Å²) in [6.07, 6.45) is 2.56. The van der Waals surface area contributed by atoms with E-state index < -0.39 is 11.4 Å². The van der Waals surface area contributed by atoms with E-state index in [1.54, 1.807) is 6.92 Å². The summed E-state index contributed by atoms with van der Waals surface area (Å²) >= 11 is 0. The van der Waals surface area contributed by atoms with Crippen molar-refractivity contribution in [3.8, 4) is 0 Å². The highest BCUT2D eigenvalue weighted by molar-refractivity contribution is 5.83. The van der Waals surface area contributed by atoms with E-state index in [9.17, 15) is 4.79 Å². The molecule has 1 heterocycles. The molecule has 4 N–H and O–H groups in total. The Labute approximate surface area is 126 Å². The van der Waals surface area contributed by atoms with Crippen LogP contribution < -0.4 is 21.3 Å². The number of likely N-dealkylation sites (N-methyl/N-ethyl adjacent to an activating group) is 1. The van der Waals surface area contributed by atoms with Crippen molar-refractivity contribution in [2.45, 2.75) is 31.7 Å². The van der Waals surface area contributed by atoms with Crippen molar-refractivity contribution in [1.82, 2.24) is 0 Å². The highest BCUT2D eigenvalue weighted by Gasteiger charge is 2.25. The van der Waals surface area contributed by atoms with Crippen LogP contribution in [0.3, 0.4) is 0 Å². The van der Waals surface area contributed by atoms with Crippen LogP contribution in [0.15, 0.2) is 24.3 Å². The smallest absolute Gasteiger partial charge is 0.237 e. The van der Waals surface area contributed by atoms with Gasteiger partial charge in [0.25, 0.3) is 0 Å². The SMILES string of the molecule is CN1CCN(CCCCC(C)(N)C(N)=O)c2ccccc21. The Bertz CT molecular complexity index is 501. The summed E-state index contributed by atoms with van der Waals surface area (Å²) < 4.78 is 0. The second-order valence-electron chi connectivity index (χ2n) is 6.14. The number of anilines is 2. The number of benzene rings is 1. The van der Waals surface area contributed by atoms with E-state index in [0.717, 1.165) is 32.5 Å². The van der Waals surface area contributed by atoms with E-state index in [1.807, 2.05) is 0 Å². The van der Waals surface area contributed by atoms with Crippen LogP contribution in [0.2, 0.25) is 0 Å². The standard InChI is InChI=1S/C16H26N4O/c1-16(18,15(17)21)9-5-6-10-20-12-11-19(2)13-7-3-4-8-14(13)20/h3-4,7-8H,5-6,9-12,18H2,1-2H3,(H2,17,21). The fraction of sp³-hybridized carbons (Fsp3) is 0.562. The maximum atomic E-state index is 11.2. The second-order valence-corrected chi connectivity index (χ2v) is 6.14. The Morgan fingerprint density at radius 3 is 2.57 bits per heavy atom. The van der Waals surface area contributed by atoms with E-state index in [4.69, 9.17) is 11.5 Å². The zero-order chi connectivity index (χ0) is 15.5. The lowest BCUT2D eigenvalue weighted by Crippen LogP contribution is -2.49. The van der Waals surface area contributed by atoms with Crippen LogP contribution in [0.1, 0.15) is 26.2 Å². The molecule has 0 fully saturated rings. The lowest BCUT2D eigenvalue weighted by molar-refractivity contribution is -0.122. The van der Waals surface area contributed by atoms with Crippen molar-refractivity contribution in [2.24, 2.45) is 11.5 Å². The van der Waals surface area contributed by atoms with Crippen molar-refractivity contribution in [3.63, 3.8) is 0 Å². The highest BCUT2D eigenvalue weighted by atomic mass is 16.1. The molecule has 21 heavy (non-hydrogen) atoms. The molecule has 0 saturated heterocycles. The quantitative estimate of drug-likeness (QED) is 0.775. The van der Waals surface area contributed by atoms with Crippen LogP contribution in [-0.2, 0) is 4.79 Å². The molecule has 0 radical (unpaired) electrons. The maximum Gasteiger partial charge on any atom is 0.237 e. The molecule has 2 rings (SSSR count). The van der Waals surface area contributed by atoms with E-state index in [-0.39, 0.29) is 0 Å². The van der Waals surface area contributed by atoms with Gasteiger partial charge in [-0.2, -0.15) is 0 Å². The van der Waals surface area contributed by atoms with Gasteiger partial charge in [-0.15, -0.1) is 0 Å². The normalized spacial score (nSPS) is 17.3. The topological polar surface area (TPSA) is 75.6 Å². The molecule has 1 aliphatic heterocycles. The van der Waals surface area contributed by atoms with Gasteiger partial charge in [0, 0.05) is 26.7 Å². The van der Waals surface area contributed by atoms with Crippen LogP contribution >= 0.6 is 0 Å². The van der Waals surface area contributed by atoms with Crippen LogP contribution in [0.4, 0.5) is 11.4 Å². The summed E-state index contributed by atoms with van der Waals surface area (Å²) in [5, 5.41) is 0. The van der Waals surface area contributed by atoms with Gasteiger partial charge in [-0.1, -0.05) is 12.1 Å². The minimum atomic E-state index is -0.889. The summed E-state index contributed by atoms with van der Waals surface area (Å²) in [6.45, 7) is 4.76. The Balaban J connectivity index is 1.88. The zero-order valence-electron chi connectivity index (χ0n) is 13.0. The van der Waals surface area contributed by atoms with E-state index >= 15 is 0 Å². The summed E-state index contributed by atoms with van der Waals surface area (Å²) in [7, 11) is 2.13. The largest absolute Gasteiger partial charge is 0.371 e. The number of rotatable bonds is 6. The number of amides is 1. The molecule has 116 valence electrons. The first-order valence-electron chi connectivity index (χ1n) is 7.56. The molecule has 1 aromatic carbocycles. The van der Waals surface area contributed by atoms with Gasteiger partial charge in [-0.25, -0.2) is 0 Å². The molecular weight excluding hydrogens is 264 g/mol. The molecule has 5 heteroatoms. The number of nitrogens with two attached hydrogens (primary N) is 2. The number of hydrogen-bond acceptors (Lipinski definition) is 4. The lowest BCUT2D eigenvalue weighted by atomic mass is 9.95. The molecule has 0 bridgehead atoms. The average molecular weight is 290 g/mol. The van der Waals surface area contributed by atoms with Crippen molar-refractivity contribution in [1.29, 1.82) is 0 Å². The number of primary amides is 1. The minimum Gasteiger partial charge on any atom is -0.371 e. The number of carbonyl (C=O) groups excluding carboxylic acids is 1. The van der Waals surface area contributed by atoms with Gasteiger partial charge in [-0.3, -0.25) is 4.79 Å². The molecular formula is C16H26N4O. The number of para-hydroxylation sites is 2. The summed E-state index contributed by atoms with van der Waals surface area (Å²) in [4.78, 5) is 15.9. The maximum absolute atomic E-state index is 11.2. The first-order valence-corrected chi connectivity index (χ1v) is 7.56. The van der Waals surface area contributed by atoms with Crippen LogP contribution in [0.25, 0.3) is 0 Å². The van der Waals surface area contributed by atoms with Crippen LogP contribution in [0.5, 0.6) is 0 Å². The van der Waals surface area contributed by atoms with Gasteiger partial charge in [0.2, 0.25) is 5.91 Å². The van der Waals surface area contributed by atoms with E-state index in [2.05, 4.69) is 41.1 Å². The highest BCUT2D eigenvalue weighted by Crippen LogP contribution is 2.31. The average Bonchev–Trinajstić information content (AvgIpc) is 2.46. The minimum absolute atomic E-state index is 0.424. The van der Waals surface area contributed by atoms with Crippen molar-refractivity contribution in [2.75, 3.05) is 36.5 Å². The third-order valence-corrected chi connectivity index (χ3v) is 4.28. The van der Waals surface area contributed by atoms with Gasteiger partial charge in [0.15, 0.2) is 0 Å². The number of unbranched alkanes of at least 4 members (excludes halogenated alkanes) is 1. The third-order valence-electron chi connectivity index (χ3n) is 4.28. The molecule has 0 saturated carbocycles. The van der Waals surface area contributed by atoms with Gasteiger partial charge >= 0.3 is 0 Å². The Morgan fingerprint density at radius 1 is 1.24 bits per heavy atom. The van der Waals surface area contributed by atoms with Crippen molar-refractivity contribution < 1.29 is 4.79 Å². The monoisotopic (exact) mass is 290 g/mol.